The Labute approximate surface area is 163 Å². The molecule has 5 nitrogen and oxygen atoms in total. The Morgan fingerprint density at radius 1 is 0.750 bits per heavy atom. The summed E-state index contributed by atoms with van der Waals surface area (Å²) >= 11 is 0. The van der Waals surface area contributed by atoms with Crippen molar-refractivity contribution in [3.8, 4) is 0 Å². The fourth-order valence-electron chi connectivity index (χ4n) is 2.89. The maximum absolute atomic E-state index is 12.3. The van der Waals surface area contributed by atoms with Crippen LogP contribution in [0.15, 0.2) is 66.7 Å². The monoisotopic (exact) mass is 374 g/mol. The van der Waals surface area contributed by atoms with Gasteiger partial charge in [0.25, 0.3) is 5.91 Å². The zero-order valence-electron chi connectivity index (χ0n) is 15.7. The first-order valence-electron chi connectivity index (χ1n) is 9.27. The molecule has 0 aliphatic heterocycles. The minimum atomic E-state index is -0.410. The van der Waals surface area contributed by atoms with Gasteiger partial charge in [0, 0.05) is 24.0 Å². The Kier molecular flexibility index (Phi) is 6.17. The molecule has 0 bridgehead atoms. The summed E-state index contributed by atoms with van der Waals surface area (Å²) in [5.41, 5.74) is 6.90. The molecule has 5 heteroatoms. The number of hydrazine groups is 1. The third-order valence-electron chi connectivity index (χ3n) is 4.59. The molecule has 3 aromatic carbocycles. The maximum atomic E-state index is 12.3. The summed E-state index contributed by atoms with van der Waals surface area (Å²) < 4.78 is 0. The summed E-state index contributed by atoms with van der Waals surface area (Å²) in [5.74, 6) is -0.910. The van der Waals surface area contributed by atoms with Gasteiger partial charge in [-0.05, 0) is 41.0 Å². The number of fused-ring (bicyclic) bond motifs is 1. The van der Waals surface area contributed by atoms with Crippen LogP contribution in [0.2, 0.25) is 0 Å². The van der Waals surface area contributed by atoms with Crippen LogP contribution in [0.3, 0.4) is 0 Å². The van der Waals surface area contributed by atoms with Gasteiger partial charge in [0.15, 0.2) is 5.78 Å². The van der Waals surface area contributed by atoms with Gasteiger partial charge in [-0.25, -0.2) is 0 Å². The predicted molar refractivity (Wildman–Crippen MR) is 109 cm³/mol. The van der Waals surface area contributed by atoms with Gasteiger partial charge < -0.3 is 0 Å². The third kappa shape index (κ3) is 4.82. The molecule has 3 aromatic rings. The van der Waals surface area contributed by atoms with E-state index in [1.165, 1.54) is 0 Å². The van der Waals surface area contributed by atoms with Gasteiger partial charge in [0.1, 0.15) is 0 Å². The van der Waals surface area contributed by atoms with Crippen LogP contribution in [0, 0.1) is 0 Å². The van der Waals surface area contributed by atoms with Crippen molar-refractivity contribution in [2.75, 3.05) is 0 Å². The number of rotatable bonds is 6. The lowest BCUT2D eigenvalue weighted by Crippen LogP contribution is -2.41. The molecular weight excluding hydrogens is 352 g/mol. The van der Waals surface area contributed by atoms with Crippen LogP contribution in [0.25, 0.3) is 10.8 Å². The van der Waals surface area contributed by atoms with E-state index >= 15 is 0 Å². The second-order valence-corrected chi connectivity index (χ2v) is 6.54. The number of aryl methyl sites for hydroxylation is 1. The van der Waals surface area contributed by atoms with E-state index in [2.05, 4.69) is 10.9 Å². The van der Waals surface area contributed by atoms with Crippen LogP contribution in [0.4, 0.5) is 0 Å². The molecule has 0 radical (unpaired) electrons. The first-order valence-corrected chi connectivity index (χ1v) is 9.27. The summed E-state index contributed by atoms with van der Waals surface area (Å²) in [6.07, 6.45) is 0.968. The van der Waals surface area contributed by atoms with Gasteiger partial charge in [-0.3, -0.25) is 25.2 Å². The molecule has 3 rings (SSSR count). The Morgan fingerprint density at radius 3 is 2.14 bits per heavy atom. The molecular formula is C23H22N2O3. The van der Waals surface area contributed by atoms with E-state index < -0.39 is 11.8 Å². The second-order valence-electron chi connectivity index (χ2n) is 6.54. The number of Topliss-reactive ketones (excluding diaryl/α,β-unsaturated/α-hetero) is 1. The molecule has 2 N–H and O–H groups in total. The highest BCUT2D eigenvalue weighted by Gasteiger charge is 2.11. The quantitative estimate of drug-likeness (QED) is 0.509. The van der Waals surface area contributed by atoms with Crippen molar-refractivity contribution in [2.45, 2.75) is 26.2 Å². The van der Waals surface area contributed by atoms with Crippen molar-refractivity contribution >= 4 is 28.4 Å². The number of carbonyl (C=O) groups excluding carboxylic acids is 3. The van der Waals surface area contributed by atoms with Gasteiger partial charge >= 0.3 is 0 Å². The molecule has 0 aliphatic carbocycles. The molecule has 0 atom stereocenters. The lowest BCUT2D eigenvalue weighted by Gasteiger charge is -2.08. The largest absolute Gasteiger partial charge is 0.294 e. The molecule has 2 amide bonds. The molecule has 28 heavy (non-hydrogen) atoms. The molecule has 0 spiro atoms. The molecule has 0 aromatic heterocycles. The van der Waals surface area contributed by atoms with Gasteiger partial charge in [-0.15, -0.1) is 0 Å². The van der Waals surface area contributed by atoms with Crippen molar-refractivity contribution < 1.29 is 14.4 Å². The van der Waals surface area contributed by atoms with Crippen LogP contribution in [-0.2, 0) is 11.2 Å². The minimum absolute atomic E-state index is 0.000707. The summed E-state index contributed by atoms with van der Waals surface area (Å²) in [6.45, 7) is 2.04. The fraction of sp³-hybridized carbons (Fsp3) is 0.174. The normalized spacial score (nSPS) is 10.5. The molecule has 0 aliphatic rings. The van der Waals surface area contributed by atoms with Gasteiger partial charge in [0.05, 0.1) is 0 Å². The summed E-state index contributed by atoms with van der Waals surface area (Å²) in [7, 11) is 0. The van der Waals surface area contributed by atoms with Crippen molar-refractivity contribution in [3.63, 3.8) is 0 Å². The van der Waals surface area contributed by atoms with Crippen molar-refractivity contribution in [1.29, 1.82) is 0 Å². The Hall–Kier alpha value is -3.47. The molecule has 0 saturated carbocycles. The highest BCUT2D eigenvalue weighted by molar-refractivity contribution is 6.01. The summed E-state index contributed by atoms with van der Waals surface area (Å²) in [6, 6.07) is 20.5. The SMILES string of the molecule is CCc1ccc(C(=O)NNC(=O)CCC(=O)c2ccc3ccccc3c2)cc1. The average Bonchev–Trinajstić information content (AvgIpc) is 2.75. The number of carbonyl (C=O) groups is 3. The Balaban J connectivity index is 1.48. The molecule has 0 unspecified atom stereocenters. The van der Waals surface area contributed by atoms with Crippen LogP contribution in [-0.4, -0.2) is 17.6 Å². The summed E-state index contributed by atoms with van der Waals surface area (Å²) in [5, 5.41) is 2.05. The average molecular weight is 374 g/mol. The molecule has 142 valence electrons. The predicted octanol–water partition coefficient (Wildman–Crippen LogP) is 3.83. The van der Waals surface area contributed by atoms with Crippen LogP contribution < -0.4 is 10.9 Å². The van der Waals surface area contributed by atoms with E-state index in [0.29, 0.717) is 11.1 Å². The number of benzene rings is 3. The number of ketones is 1. The Morgan fingerprint density at radius 2 is 1.43 bits per heavy atom. The van der Waals surface area contributed by atoms with E-state index in [-0.39, 0.29) is 18.6 Å². The van der Waals surface area contributed by atoms with Crippen LogP contribution in [0.1, 0.15) is 46.0 Å². The smallest absolute Gasteiger partial charge is 0.269 e. The third-order valence-corrected chi connectivity index (χ3v) is 4.59. The number of amides is 2. The van der Waals surface area contributed by atoms with E-state index in [4.69, 9.17) is 0 Å². The van der Waals surface area contributed by atoms with E-state index in [0.717, 1.165) is 22.8 Å². The highest BCUT2D eigenvalue weighted by Crippen LogP contribution is 2.17. The molecule has 0 heterocycles. The number of hydrogen-bond acceptors (Lipinski definition) is 3. The van der Waals surface area contributed by atoms with Crippen molar-refractivity contribution in [1.82, 2.24) is 10.9 Å². The first-order chi connectivity index (χ1) is 13.6. The van der Waals surface area contributed by atoms with Crippen molar-refractivity contribution in [2.24, 2.45) is 0 Å². The van der Waals surface area contributed by atoms with E-state index in [1.54, 1.807) is 18.2 Å². The van der Waals surface area contributed by atoms with Gasteiger partial charge in [-0.1, -0.05) is 55.5 Å². The maximum Gasteiger partial charge on any atom is 0.269 e. The standard InChI is InChI=1S/C23H22N2O3/c1-2-16-7-9-18(10-8-16)23(28)25-24-22(27)14-13-21(26)20-12-11-17-5-3-4-6-19(17)15-20/h3-12,15H,2,13-14H2,1H3,(H,24,27)(H,25,28). The fourth-order valence-corrected chi connectivity index (χ4v) is 2.89. The van der Waals surface area contributed by atoms with Crippen LogP contribution in [0.5, 0.6) is 0 Å². The number of nitrogens with one attached hydrogen (secondary N) is 2. The van der Waals surface area contributed by atoms with E-state index in [1.807, 2.05) is 55.5 Å². The summed E-state index contributed by atoms with van der Waals surface area (Å²) in [4.78, 5) is 36.3. The van der Waals surface area contributed by atoms with Crippen LogP contribution >= 0.6 is 0 Å². The molecule has 0 fully saturated rings. The topological polar surface area (TPSA) is 75.3 Å². The zero-order valence-corrected chi connectivity index (χ0v) is 15.7. The minimum Gasteiger partial charge on any atom is -0.294 e. The van der Waals surface area contributed by atoms with Gasteiger partial charge in [-0.2, -0.15) is 0 Å². The zero-order chi connectivity index (χ0) is 19.9. The lowest BCUT2D eigenvalue weighted by atomic mass is 10.0. The van der Waals surface area contributed by atoms with E-state index in [9.17, 15) is 14.4 Å². The number of hydrogen-bond donors (Lipinski definition) is 2. The molecule has 0 saturated heterocycles. The second kappa shape index (κ2) is 8.95. The highest BCUT2D eigenvalue weighted by atomic mass is 16.2. The first kappa shape index (κ1) is 19.3. The van der Waals surface area contributed by atoms with Crippen molar-refractivity contribution in [3.05, 3.63) is 83.4 Å². The Bertz CT molecular complexity index is 1010. The van der Waals surface area contributed by atoms with Gasteiger partial charge in [0.2, 0.25) is 5.91 Å². The lowest BCUT2D eigenvalue weighted by molar-refractivity contribution is -0.121.